The number of aromatic nitrogens is 2. The lowest BCUT2D eigenvalue weighted by molar-refractivity contribution is -0.116. The number of anilines is 1. The van der Waals surface area contributed by atoms with Crippen LogP contribution in [0.4, 0.5) is 10.1 Å². The largest absolute Gasteiger partial charge is 0.362 e. The molecule has 2 atom stereocenters. The molecule has 3 aromatic rings. The molecule has 0 saturated carbocycles. The Morgan fingerprint density at radius 1 is 1.23 bits per heavy atom. The second-order valence-electron chi connectivity index (χ2n) is 7.66. The molecule has 31 heavy (non-hydrogen) atoms. The van der Waals surface area contributed by atoms with Gasteiger partial charge < -0.3 is 20.5 Å². The normalized spacial score (nSPS) is 18.2. The first-order chi connectivity index (χ1) is 14.9. The van der Waals surface area contributed by atoms with E-state index in [2.05, 4.69) is 31.6 Å². The first-order valence-electron chi connectivity index (χ1n) is 10.1. The van der Waals surface area contributed by atoms with Crippen molar-refractivity contribution in [1.82, 2.24) is 20.2 Å². The van der Waals surface area contributed by atoms with Crippen LogP contribution in [0.2, 0.25) is 0 Å². The highest BCUT2D eigenvalue weighted by Gasteiger charge is 2.40. The van der Waals surface area contributed by atoms with Gasteiger partial charge in [-0.25, -0.2) is 4.39 Å². The summed E-state index contributed by atoms with van der Waals surface area (Å²) in [5.41, 5.74) is 4.72. The highest BCUT2D eigenvalue weighted by molar-refractivity contribution is 7.80. The number of H-pyrrole nitrogens is 1. The lowest BCUT2D eigenvalue weighted by Crippen LogP contribution is -2.32. The SMILES string of the molecule is Cc1cc([C@H]2[C@@H](c3ccccn3)NC(=S)N2CCC(=O)Nc2ccc(F)cc2)c(C)[nH]1. The quantitative estimate of drug-likeness (QED) is 0.505. The first-order valence-corrected chi connectivity index (χ1v) is 10.5. The first kappa shape index (κ1) is 21.0. The molecule has 0 bridgehead atoms. The minimum atomic E-state index is -0.341. The van der Waals surface area contributed by atoms with Crippen molar-refractivity contribution in [1.29, 1.82) is 0 Å². The third-order valence-electron chi connectivity index (χ3n) is 5.41. The van der Waals surface area contributed by atoms with Crippen LogP contribution in [-0.2, 0) is 4.79 Å². The van der Waals surface area contributed by atoms with Crippen LogP contribution in [0.25, 0.3) is 0 Å². The Morgan fingerprint density at radius 2 is 2.00 bits per heavy atom. The molecular formula is C23H24FN5OS. The molecule has 1 saturated heterocycles. The maximum Gasteiger partial charge on any atom is 0.226 e. The van der Waals surface area contributed by atoms with Gasteiger partial charge in [-0.3, -0.25) is 9.78 Å². The monoisotopic (exact) mass is 437 g/mol. The minimum Gasteiger partial charge on any atom is -0.362 e. The van der Waals surface area contributed by atoms with Crippen molar-refractivity contribution in [3.63, 3.8) is 0 Å². The van der Waals surface area contributed by atoms with E-state index in [4.69, 9.17) is 12.2 Å². The summed E-state index contributed by atoms with van der Waals surface area (Å²) >= 11 is 5.64. The number of thiocarbonyl (C=S) groups is 1. The molecule has 2 aromatic heterocycles. The number of nitrogens with zero attached hydrogens (tertiary/aromatic N) is 2. The summed E-state index contributed by atoms with van der Waals surface area (Å²) in [7, 11) is 0. The van der Waals surface area contributed by atoms with E-state index in [1.807, 2.05) is 32.0 Å². The van der Waals surface area contributed by atoms with Crippen molar-refractivity contribution >= 4 is 28.9 Å². The maximum absolute atomic E-state index is 13.1. The number of rotatable bonds is 6. The summed E-state index contributed by atoms with van der Waals surface area (Å²) in [6.45, 7) is 4.50. The number of aromatic amines is 1. The molecule has 6 nitrogen and oxygen atoms in total. The fourth-order valence-electron chi connectivity index (χ4n) is 4.02. The summed E-state index contributed by atoms with van der Waals surface area (Å²) < 4.78 is 13.1. The number of pyridine rings is 1. The number of aryl methyl sites for hydroxylation is 2. The van der Waals surface area contributed by atoms with Crippen LogP contribution < -0.4 is 10.6 Å². The molecule has 8 heteroatoms. The molecule has 1 aliphatic heterocycles. The number of hydrogen-bond acceptors (Lipinski definition) is 3. The molecule has 1 amide bonds. The molecule has 0 unspecified atom stereocenters. The van der Waals surface area contributed by atoms with Crippen LogP contribution in [0, 0.1) is 19.7 Å². The second kappa shape index (κ2) is 8.85. The zero-order valence-electron chi connectivity index (χ0n) is 17.4. The minimum absolute atomic E-state index is 0.0917. The lowest BCUT2D eigenvalue weighted by atomic mass is 9.96. The molecule has 0 radical (unpaired) electrons. The molecular weight excluding hydrogens is 413 g/mol. The van der Waals surface area contributed by atoms with Crippen molar-refractivity contribution in [2.24, 2.45) is 0 Å². The van der Waals surface area contributed by atoms with Crippen LogP contribution >= 0.6 is 12.2 Å². The number of nitrogens with one attached hydrogen (secondary N) is 3. The highest BCUT2D eigenvalue weighted by Crippen LogP contribution is 2.40. The van der Waals surface area contributed by atoms with Crippen LogP contribution in [0.1, 0.15) is 41.1 Å². The molecule has 160 valence electrons. The predicted octanol–water partition coefficient (Wildman–Crippen LogP) is 4.17. The molecule has 1 fully saturated rings. The number of carbonyl (C=O) groups excluding carboxylic acids is 1. The third-order valence-corrected chi connectivity index (χ3v) is 5.77. The smallest absolute Gasteiger partial charge is 0.226 e. The van der Waals surface area contributed by atoms with Gasteiger partial charge in [0.25, 0.3) is 0 Å². The lowest BCUT2D eigenvalue weighted by Gasteiger charge is -2.27. The van der Waals surface area contributed by atoms with Crippen molar-refractivity contribution < 1.29 is 9.18 Å². The van der Waals surface area contributed by atoms with E-state index in [1.165, 1.54) is 12.1 Å². The molecule has 4 rings (SSSR count). The van der Waals surface area contributed by atoms with Gasteiger partial charge >= 0.3 is 0 Å². The van der Waals surface area contributed by atoms with E-state index in [1.54, 1.807) is 18.3 Å². The van der Waals surface area contributed by atoms with Gasteiger partial charge in [0.2, 0.25) is 5.91 Å². The standard InChI is InChI=1S/C23H24FN5OS/c1-14-13-18(15(2)26-14)22-21(19-5-3-4-11-25-19)28-23(31)29(22)12-10-20(30)27-17-8-6-16(24)7-9-17/h3-9,11,13,21-22,26H,10,12H2,1-2H3,(H,27,30)(H,28,31)/t21-,22+/m1/s1. The summed E-state index contributed by atoms with van der Waals surface area (Å²) in [5.74, 6) is -0.497. The fourth-order valence-corrected chi connectivity index (χ4v) is 4.35. The van der Waals surface area contributed by atoms with Crippen molar-refractivity contribution in [3.05, 3.63) is 83.2 Å². The van der Waals surface area contributed by atoms with E-state index in [-0.39, 0.29) is 30.2 Å². The van der Waals surface area contributed by atoms with Crippen molar-refractivity contribution in [3.8, 4) is 0 Å². The van der Waals surface area contributed by atoms with Crippen molar-refractivity contribution in [2.75, 3.05) is 11.9 Å². The zero-order valence-corrected chi connectivity index (χ0v) is 18.2. The molecule has 1 aliphatic rings. The van der Waals surface area contributed by atoms with E-state index in [0.717, 1.165) is 22.6 Å². The van der Waals surface area contributed by atoms with Gasteiger partial charge in [0, 0.05) is 36.2 Å². The Labute approximate surface area is 185 Å². The van der Waals surface area contributed by atoms with E-state index in [0.29, 0.717) is 17.3 Å². The Morgan fingerprint density at radius 3 is 2.65 bits per heavy atom. The predicted molar refractivity (Wildman–Crippen MR) is 122 cm³/mol. The van der Waals surface area contributed by atoms with Gasteiger partial charge in [-0.15, -0.1) is 0 Å². The van der Waals surface area contributed by atoms with Crippen LogP contribution in [0.5, 0.6) is 0 Å². The summed E-state index contributed by atoms with van der Waals surface area (Å²) in [4.78, 5) is 22.5. The number of carbonyl (C=O) groups is 1. The van der Waals surface area contributed by atoms with Crippen LogP contribution in [0.15, 0.2) is 54.7 Å². The van der Waals surface area contributed by atoms with Gasteiger partial charge in [0.05, 0.1) is 17.8 Å². The summed E-state index contributed by atoms with van der Waals surface area (Å²) in [6.07, 6.45) is 2.01. The van der Waals surface area contributed by atoms with E-state index >= 15 is 0 Å². The van der Waals surface area contributed by atoms with E-state index in [9.17, 15) is 9.18 Å². The summed E-state index contributed by atoms with van der Waals surface area (Å²) in [6, 6.07) is 13.5. The Balaban J connectivity index is 1.54. The Bertz CT molecular complexity index is 1080. The van der Waals surface area contributed by atoms with Crippen LogP contribution in [-0.4, -0.2) is 32.4 Å². The topological polar surface area (TPSA) is 73.1 Å². The van der Waals surface area contributed by atoms with Crippen molar-refractivity contribution in [2.45, 2.75) is 32.4 Å². The number of halogens is 1. The molecule has 1 aromatic carbocycles. The van der Waals surface area contributed by atoms with Gasteiger partial charge in [-0.1, -0.05) is 6.07 Å². The summed E-state index contributed by atoms with van der Waals surface area (Å²) in [5, 5.41) is 6.79. The van der Waals surface area contributed by atoms with Gasteiger partial charge in [-0.2, -0.15) is 0 Å². The van der Waals surface area contributed by atoms with E-state index < -0.39 is 0 Å². The van der Waals surface area contributed by atoms with Gasteiger partial charge in [0.15, 0.2) is 5.11 Å². The maximum atomic E-state index is 13.1. The number of amides is 1. The molecule has 0 aliphatic carbocycles. The molecule has 0 spiro atoms. The number of benzene rings is 1. The highest BCUT2D eigenvalue weighted by atomic mass is 32.1. The Kier molecular flexibility index (Phi) is 5.99. The average molecular weight is 438 g/mol. The third kappa shape index (κ3) is 4.59. The van der Waals surface area contributed by atoms with Gasteiger partial charge in [-0.05, 0) is 74.1 Å². The number of hydrogen-bond donors (Lipinski definition) is 3. The average Bonchev–Trinajstić information content (AvgIpc) is 3.26. The second-order valence-corrected chi connectivity index (χ2v) is 8.04. The van der Waals surface area contributed by atoms with Crippen LogP contribution in [0.3, 0.4) is 0 Å². The molecule has 3 N–H and O–H groups in total. The Hall–Kier alpha value is -3.26. The zero-order chi connectivity index (χ0) is 22.0. The fraction of sp³-hybridized carbons (Fsp3) is 0.261. The van der Waals surface area contributed by atoms with Gasteiger partial charge in [0.1, 0.15) is 5.82 Å². The molecule has 3 heterocycles.